The number of carbonyl (C=O) groups is 1. The first-order valence-corrected chi connectivity index (χ1v) is 9.68. The average molecular weight is 407 g/mol. The maximum atomic E-state index is 12.4. The summed E-state index contributed by atoms with van der Waals surface area (Å²) in [6, 6.07) is 18.5. The summed E-state index contributed by atoms with van der Waals surface area (Å²) in [5, 5.41) is 6.90. The summed E-state index contributed by atoms with van der Waals surface area (Å²) in [5.74, 6) is 0.416. The van der Waals surface area contributed by atoms with Gasteiger partial charge in [0, 0.05) is 19.7 Å². The van der Waals surface area contributed by atoms with E-state index in [0.29, 0.717) is 26.3 Å². The van der Waals surface area contributed by atoms with Crippen molar-refractivity contribution < 1.29 is 14.3 Å². The molecule has 2 aromatic carbocycles. The topological polar surface area (TPSA) is 82.5 Å². The zero-order valence-corrected chi connectivity index (χ0v) is 17.1. The van der Waals surface area contributed by atoms with Crippen LogP contribution in [0.15, 0.2) is 65.5 Å². The van der Waals surface area contributed by atoms with E-state index in [1.54, 1.807) is 7.11 Å². The van der Waals surface area contributed by atoms with Crippen molar-refractivity contribution in [1.29, 1.82) is 0 Å². The molecule has 1 heterocycles. The van der Waals surface area contributed by atoms with Crippen molar-refractivity contribution in [1.82, 2.24) is 15.1 Å². The van der Waals surface area contributed by atoms with E-state index < -0.39 is 0 Å². The Morgan fingerprint density at radius 3 is 2.60 bits per heavy atom. The number of aromatic nitrogens is 2. The zero-order chi connectivity index (χ0) is 21.3. The molecule has 7 heteroatoms. The molecule has 0 aliphatic rings. The zero-order valence-electron chi connectivity index (χ0n) is 17.1. The molecular weight excluding hydrogens is 382 g/mol. The molecule has 0 radical (unpaired) electrons. The highest BCUT2D eigenvalue weighted by Crippen LogP contribution is 2.15. The van der Waals surface area contributed by atoms with E-state index in [1.165, 1.54) is 22.4 Å². The molecule has 0 unspecified atom stereocenters. The molecule has 0 bridgehead atoms. The van der Waals surface area contributed by atoms with Crippen LogP contribution in [0.4, 0.5) is 0 Å². The minimum atomic E-state index is -0.346. The number of hydrogen-bond donors (Lipinski definition) is 1. The normalized spacial score (nSPS) is 10.6. The number of methoxy groups -OCH3 is 1. The Bertz CT molecular complexity index is 1040. The number of rotatable bonds is 9. The Hall–Kier alpha value is -3.45. The fraction of sp³-hybridized carbons (Fsp3) is 0.261. The van der Waals surface area contributed by atoms with E-state index in [0.717, 1.165) is 16.9 Å². The van der Waals surface area contributed by atoms with Gasteiger partial charge in [-0.25, -0.2) is 4.68 Å². The molecule has 30 heavy (non-hydrogen) atoms. The van der Waals surface area contributed by atoms with E-state index in [9.17, 15) is 9.59 Å². The molecule has 7 nitrogen and oxygen atoms in total. The van der Waals surface area contributed by atoms with Gasteiger partial charge in [-0.15, -0.1) is 0 Å². The number of hydrogen-bond acceptors (Lipinski definition) is 5. The molecule has 1 amide bonds. The van der Waals surface area contributed by atoms with Crippen LogP contribution in [0.1, 0.15) is 27.2 Å². The van der Waals surface area contributed by atoms with Crippen molar-refractivity contribution >= 4 is 5.91 Å². The lowest BCUT2D eigenvalue weighted by molar-refractivity contribution is 0.0942. The smallest absolute Gasteiger partial charge is 0.271 e. The number of benzene rings is 2. The van der Waals surface area contributed by atoms with Crippen LogP contribution >= 0.6 is 0 Å². The number of aryl methyl sites for hydroxylation is 1. The third-order valence-electron chi connectivity index (χ3n) is 4.47. The van der Waals surface area contributed by atoms with Gasteiger partial charge < -0.3 is 14.8 Å². The van der Waals surface area contributed by atoms with Crippen LogP contribution in [-0.4, -0.2) is 29.4 Å². The molecule has 156 valence electrons. The number of nitrogens with zero attached hydrogens (tertiary/aromatic N) is 2. The van der Waals surface area contributed by atoms with E-state index in [2.05, 4.69) is 29.5 Å². The van der Waals surface area contributed by atoms with E-state index >= 15 is 0 Å². The standard InChI is InChI=1S/C23H25N3O4/c1-17-4-3-5-19(14-17)16-30-20-8-6-18(7-9-20)15-24-23(28)21-10-11-22(27)26(25-21)12-13-29-2/h3-11,14H,12-13,15-16H2,1-2H3,(H,24,28). The van der Waals surface area contributed by atoms with Gasteiger partial charge in [-0.05, 0) is 36.2 Å². The van der Waals surface area contributed by atoms with Crippen LogP contribution in [0, 0.1) is 6.92 Å². The van der Waals surface area contributed by atoms with Gasteiger partial charge in [-0.1, -0.05) is 42.0 Å². The van der Waals surface area contributed by atoms with Crippen molar-refractivity contribution in [2.24, 2.45) is 0 Å². The predicted molar refractivity (Wildman–Crippen MR) is 113 cm³/mol. The Kier molecular flexibility index (Phi) is 7.34. The average Bonchev–Trinajstić information content (AvgIpc) is 2.76. The van der Waals surface area contributed by atoms with Gasteiger partial charge in [-0.2, -0.15) is 5.10 Å². The summed E-state index contributed by atoms with van der Waals surface area (Å²) >= 11 is 0. The lowest BCUT2D eigenvalue weighted by Crippen LogP contribution is -2.30. The summed E-state index contributed by atoms with van der Waals surface area (Å²) in [7, 11) is 1.54. The summed E-state index contributed by atoms with van der Waals surface area (Å²) in [5.41, 5.74) is 3.16. The second kappa shape index (κ2) is 10.4. The van der Waals surface area contributed by atoms with E-state index in [4.69, 9.17) is 9.47 Å². The lowest BCUT2D eigenvalue weighted by atomic mass is 10.1. The Morgan fingerprint density at radius 2 is 1.87 bits per heavy atom. The van der Waals surface area contributed by atoms with Crippen molar-refractivity contribution in [3.05, 3.63) is 93.4 Å². The highest BCUT2D eigenvalue weighted by Gasteiger charge is 2.09. The molecule has 3 aromatic rings. The van der Waals surface area contributed by atoms with E-state index in [1.807, 2.05) is 36.4 Å². The number of amides is 1. The Balaban J connectivity index is 1.53. The van der Waals surface area contributed by atoms with Gasteiger partial charge >= 0.3 is 0 Å². The third-order valence-corrected chi connectivity index (χ3v) is 4.47. The van der Waals surface area contributed by atoms with Gasteiger partial charge in [0.1, 0.15) is 18.1 Å². The number of carbonyl (C=O) groups excluding carboxylic acids is 1. The molecule has 0 aliphatic carbocycles. The number of ether oxygens (including phenoxy) is 2. The van der Waals surface area contributed by atoms with Crippen LogP contribution in [0.2, 0.25) is 0 Å². The molecule has 0 aliphatic heterocycles. The SMILES string of the molecule is COCCn1nc(C(=O)NCc2ccc(OCc3cccc(C)c3)cc2)ccc1=O. The third kappa shape index (κ3) is 6.02. The molecular formula is C23H25N3O4. The summed E-state index contributed by atoms with van der Waals surface area (Å²) in [6.45, 7) is 3.53. The van der Waals surface area contributed by atoms with Crippen LogP contribution in [0.5, 0.6) is 5.75 Å². The van der Waals surface area contributed by atoms with Crippen molar-refractivity contribution in [3.63, 3.8) is 0 Å². The molecule has 0 spiro atoms. The second-order valence-corrected chi connectivity index (χ2v) is 6.88. The monoisotopic (exact) mass is 407 g/mol. The minimum Gasteiger partial charge on any atom is -0.489 e. The Labute approximate surface area is 175 Å². The fourth-order valence-electron chi connectivity index (χ4n) is 2.85. The first kappa shape index (κ1) is 21.3. The van der Waals surface area contributed by atoms with Crippen molar-refractivity contribution in [2.45, 2.75) is 26.6 Å². The maximum absolute atomic E-state index is 12.4. The molecule has 1 aromatic heterocycles. The van der Waals surface area contributed by atoms with Crippen LogP contribution < -0.4 is 15.6 Å². The molecule has 0 atom stereocenters. The highest BCUT2D eigenvalue weighted by molar-refractivity contribution is 5.91. The summed E-state index contributed by atoms with van der Waals surface area (Å²) in [6.07, 6.45) is 0. The van der Waals surface area contributed by atoms with Gasteiger partial charge in [0.2, 0.25) is 0 Å². The van der Waals surface area contributed by atoms with Crippen LogP contribution in [0.25, 0.3) is 0 Å². The second-order valence-electron chi connectivity index (χ2n) is 6.88. The van der Waals surface area contributed by atoms with Gasteiger partial charge in [0.05, 0.1) is 13.2 Å². The first-order chi connectivity index (χ1) is 14.5. The number of nitrogens with one attached hydrogen (secondary N) is 1. The largest absolute Gasteiger partial charge is 0.489 e. The minimum absolute atomic E-state index is 0.184. The lowest BCUT2D eigenvalue weighted by Gasteiger charge is -2.09. The van der Waals surface area contributed by atoms with Gasteiger partial charge in [0.25, 0.3) is 11.5 Å². The maximum Gasteiger partial charge on any atom is 0.271 e. The van der Waals surface area contributed by atoms with Gasteiger partial charge in [0.15, 0.2) is 0 Å². The van der Waals surface area contributed by atoms with Crippen molar-refractivity contribution in [3.8, 4) is 5.75 Å². The Morgan fingerprint density at radius 1 is 1.07 bits per heavy atom. The molecule has 1 N–H and O–H groups in total. The predicted octanol–water partition coefficient (Wildman–Crippen LogP) is 2.71. The van der Waals surface area contributed by atoms with Crippen LogP contribution in [0.3, 0.4) is 0 Å². The fourth-order valence-corrected chi connectivity index (χ4v) is 2.85. The van der Waals surface area contributed by atoms with Gasteiger partial charge in [-0.3, -0.25) is 9.59 Å². The first-order valence-electron chi connectivity index (χ1n) is 9.68. The van der Waals surface area contributed by atoms with Crippen molar-refractivity contribution in [2.75, 3.05) is 13.7 Å². The highest BCUT2D eigenvalue weighted by atomic mass is 16.5. The molecule has 3 rings (SSSR count). The molecule has 0 fully saturated rings. The molecule has 0 saturated carbocycles. The van der Waals surface area contributed by atoms with E-state index in [-0.39, 0.29) is 17.2 Å². The molecule has 0 saturated heterocycles. The summed E-state index contributed by atoms with van der Waals surface area (Å²) < 4.78 is 12.0. The summed E-state index contributed by atoms with van der Waals surface area (Å²) in [4.78, 5) is 24.1. The quantitative estimate of drug-likeness (QED) is 0.590. The van der Waals surface area contributed by atoms with Crippen LogP contribution in [-0.2, 0) is 24.4 Å².